The van der Waals surface area contributed by atoms with Crippen molar-refractivity contribution in [1.29, 1.82) is 0 Å². The number of ether oxygens (including phenoxy) is 2. The zero-order chi connectivity index (χ0) is 15.5. The van der Waals surface area contributed by atoms with Crippen LogP contribution < -0.4 is 0 Å². The number of hydrogen-bond donors (Lipinski definition) is 4. The number of carboxylic acid groups (broad SMARTS) is 2. The maximum absolute atomic E-state index is 9.25. The summed E-state index contributed by atoms with van der Waals surface area (Å²) in [7, 11) is 0. The lowest BCUT2D eigenvalue weighted by atomic mass is 10.7. The lowest BCUT2D eigenvalue weighted by Gasteiger charge is -2.01. The largest absolute Gasteiger partial charge is 0.478 e. The number of aliphatic hydroxyl groups is 2. The highest BCUT2D eigenvalue weighted by atomic mass is 35.5. The molecule has 0 saturated carbocycles. The number of hydrogen-bond acceptors (Lipinski definition) is 6. The molecule has 0 radical (unpaired) electrons. The van der Waals surface area contributed by atoms with Gasteiger partial charge in [-0.3, -0.25) is 0 Å². The molecule has 0 aliphatic rings. The summed E-state index contributed by atoms with van der Waals surface area (Å²) in [5, 5.41) is 31.3. The second-order valence-electron chi connectivity index (χ2n) is 2.47. The Kier molecular flexibility index (Phi) is 26.6. The molecule has 19 heavy (non-hydrogen) atoms. The van der Waals surface area contributed by atoms with E-state index >= 15 is 0 Å². The first-order chi connectivity index (χ1) is 8.92. The zero-order valence-corrected chi connectivity index (χ0v) is 11.1. The first-order valence-corrected chi connectivity index (χ1v) is 5.41. The van der Waals surface area contributed by atoms with Gasteiger partial charge in [-0.1, -0.05) is 6.58 Å². The van der Waals surface area contributed by atoms with Crippen LogP contribution in [0, 0.1) is 0 Å². The van der Waals surface area contributed by atoms with Gasteiger partial charge in [0.05, 0.1) is 39.6 Å². The Morgan fingerprint density at radius 2 is 1.26 bits per heavy atom. The summed E-state index contributed by atoms with van der Waals surface area (Å²) in [6.45, 7) is 4.69. The van der Waals surface area contributed by atoms with Crippen molar-refractivity contribution in [3.05, 3.63) is 12.7 Å². The highest BCUT2D eigenvalue weighted by Gasteiger charge is 1.86. The molecule has 8 nitrogen and oxygen atoms in total. The van der Waals surface area contributed by atoms with Crippen LogP contribution >= 0.6 is 11.6 Å². The third-order valence-corrected chi connectivity index (χ3v) is 1.02. The molecule has 4 N–H and O–H groups in total. The number of halogens is 1. The van der Waals surface area contributed by atoms with E-state index in [0.29, 0.717) is 26.4 Å². The van der Waals surface area contributed by atoms with Crippen LogP contribution in [-0.2, 0) is 14.3 Å². The first-order valence-electron chi connectivity index (χ1n) is 5.03. The van der Waals surface area contributed by atoms with Crippen LogP contribution in [0.4, 0.5) is 4.79 Å². The SMILES string of the molecule is C=CC(=O)O.O=C(O)Cl.OCCOCCOCCO. The first kappa shape index (κ1) is 22.9. The van der Waals surface area contributed by atoms with Crippen molar-refractivity contribution in [3.8, 4) is 0 Å². The molecule has 0 spiro atoms. The fourth-order valence-electron chi connectivity index (χ4n) is 0.451. The summed E-state index contributed by atoms with van der Waals surface area (Å²) in [4.78, 5) is 18.0. The number of aliphatic carboxylic acids is 1. The predicted molar refractivity (Wildman–Crippen MR) is 67.5 cm³/mol. The fourth-order valence-corrected chi connectivity index (χ4v) is 0.451. The lowest BCUT2D eigenvalue weighted by molar-refractivity contribution is -0.131. The van der Waals surface area contributed by atoms with Crippen molar-refractivity contribution in [2.75, 3.05) is 39.6 Å². The molecule has 0 heterocycles. The number of carboxylic acids is 1. The Morgan fingerprint density at radius 3 is 1.42 bits per heavy atom. The molecule has 0 aromatic heterocycles. The third kappa shape index (κ3) is 60.4. The maximum Gasteiger partial charge on any atom is 0.401 e. The van der Waals surface area contributed by atoms with Crippen LogP contribution in [0.1, 0.15) is 0 Å². The minimum absolute atomic E-state index is 0.0417. The van der Waals surface area contributed by atoms with E-state index in [1.54, 1.807) is 0 Å². The molecule has 9 heteroatoms. The van der Waals surface area contributed by atoms with Crippen molar-refractivity contribution in [2.24, 2.45) is 0 Å². The fraction of sp³-hybridized carbons (Fsp3) is 0.600. The molecule has 0 amide bonds. The van der Waals surface area contributed by atoms with E-state index in [-0.39, 0.29) is 13.2 Å². The van der Waals surface area contributed by atoms with Gasteiger partial charge in [0, 0.05) is 17.7 Å². The van der Waals surface area contributed by atoms with Gasteiger partial charge in [0.25, 0.3) is 0 Å². The Balaban J connectivity index is -0.000000238. The van der Waals surface area contributed by atoms with E-state index in [9.17, 15) is 4.79 Å². The standard InChI is InChI=1S/C6H14O4.C3H4O2.CHClO2/c7-1-3-9-5-6-10-4-2-8;1-2-3(4)5;2-1(3)4/h7-8H,1-6H2;2H,1H2,(H,4,5);(H,3,4). The van der Waals surface area contributed by atoms with E-state index < -0.39 is 11.4 Å². The molecule has 0 aliphatic carbocycles. The number of aliphatic hydroxyl groups excluding tert-OH is 2. The minimum atomic E-state index is -1.36. The van der Waals surface area contributed by atoms with Gasteiger partial charge in [0.1, 0.15) is 0 Å². The number of rotatable bonds is 8. The van der Waals surface area contributed by atoms with Crippen LogP contribution in [-0.4, -0.2) is 71.5 Å². The van der Waals surface area contributed by atoms with E-state index in [2.05, 4.69) is 18.2 Å². The molecule has 0 fully saturated rings. The van der Waals surface area contributed by atoms with Gasteiger partial charge in [-0.25, -0.2) is 9.59 Å². The third-order valence-electron chi connectivity index (χ3n) is 1.02. The average Bonchev–Trinajstić information content (AvgIpc) is 2.34. The van der Waals surface area contributed by atoms with Gasteiger partial charge in [0.15, 0.2) is 0 Å². The molecule has 0 aliphatic heterocycles. The van der Waals surface area contributed by atoms with E-state index in [4.69, 9.17) is 34.7 Å². The molecular weight excluding hydrogens is 284 g/mol. The van der Waals surface area contributed by atoms with Crippen LogP contribution in [0.3, 0.4) is 0 Å². The van der Waals surface area contributed by atoms with Crippen molar-refractivity contribution in [3.63, 3.8) is 0 Å². The van der Waals surface area contributed by atoms with Crippen molar-refractivity contribution < 1.29 is 39.5 Å². The molecule has 0 aromatic carbocycles. The van der Waals surface area contributed by atoms with Crippen molar-refractivity contribution in [1.82, 2.24) is 0 Å². The van der Waals surface area contributed by atoms with Gasteiger partial charge < -0.3 is 29.9 Å². The highest BCUT2D eigenvalue weighted by Crippen LogP contribution is 1.76. The van der Waals surface area contributed by atoms with Crippen LogP contribution in [0.15, 0.2) is 12.7 Å². The predicted octanol–water partition coefficient (Wildman–Crippen LogP) is 0.164. The Hall–Kier alpha value is -1.19. The summed E-state index contributed by atoms with van der Waals surface area (Å²) in [5.74, 6) is -0.981. The topological polar surface area (TPSA) is 134 Å². The van der Waals surface area contributed by atoms with Gasteiger partial charge in [-0.15, -0.1) is 0 Å². The lowest BCUT2D eigenvalue weighted by Crippen LogP contribution is -2.09. The second-order valence-corrected chi connectivity index (χ2v) is 2.79. The van der Waals surface area contributed by atoms with Crippen molar-refractivity contribution in [2.45, 2.75) is 0 Å². The summed E-state index contributed by atoms with van der Waals surface area (Å²) in [5.41, 5.74) is -1.36. The van der Waals surface area contributed by atoms with Crippen LogP contribution in [0.2, 0.25) is 0 Å². The van der Waals surface area contributed by atoms with Gasteiger partial charge in [-0.2, -0.15) is 0 Å². The Labute approximate surface area is 115 Å². The van der Waals surface area contributed by atoms with Gasteiger partial charge in [0.2, 0.25) is 0 Å². The minimum Gasteiger partial charge on any atom is -0.478 e. The number of carbonyl (C=O) groups is 2. The van der Waals surface area contributed by atoms with E-state index in [1.807, 2.05) is 0 Å². The summed E-state index contributed by atoms with van der Waals surface area (Å²) < 4.78 is 9.75. The summed E-state index contributed by atoms with van der Waals surface area (Å²) in [6, 6.07) is 0. The monoisotopic (exact) mass is 302 g/mol. The summed E-state index contributed by atoms with van der Waals surface area (Å²) >= 11 is 4.19. The van der Waals surface area contributed by atoms with Crippen LogP contribution in [0.25, 0.3) is 0 Å². The van der Waals surface area contributed by atoms with E-state index in [1.165, 1.54) is 0 Å². The molecule has 0 aromatic rings. The average molecular weight is 303 g/mol. The normalized spacial score (nSPS) is 8.37. The molecule has 0 bridgehead atoms. The molecule has 0 atom stereocenters. The van der Waals surface area contributed by atoms with E-state index in [0.717, 1.165) is 6.08 Å². The zero-order valence-electron chi connectivity index (χ0n) is 10.3. The Morgan fingerprint density at radius 1 is 1.00 bits per heavy atom. The smallest absolute Gasteiger partial charge is 0.401 e. The molecule has 0 unspecified atom stereocenters. The molecule has 0 saturated heterocycles. The van der Waals surface area contributed by atoms with Gasteiger partial charge >= 0.3 is 11.4 Å². The molecular formula is C10H19ClO8. The molecule has 114 valence electrons. The summed E-state index contributed by atoms with van der Waals surface area (Å²) in [6.07, 6.45) is 0.833. The highest BCUT2D eigenvalue weighted by molar-refractivity contribution is 6.60. The maximum atomic E-state index is 9.25. The quantitative estimate of drug-likeness (QED) is 0.283. The van der Waals surface area contributed by atoms with Crippen molar-refractivity contribution >= 4 is 23.0 Å². The van der Waals surface area contributed by atoms with Gasteiger partial charge in [-0.05, 0) is 0 Å². The Bertz CT molecular complexity index is 210. The molecule has 0 rings (SSSR count). The second kappa shape index (κ2) is 22.0. The van der Waals surface area contributed by atoms with Crippen LogP contribution in [0.5, 0.6) is 0 Å².